The van der Waals surface area contributed by atoms with E-state index in [1.807, 2.05) is 30.7 Å². The van der Waals surface area contributed by atoms with Gasteiger partial charge in [0.25, 0.3) is 0 Å². The van der Waals surface area contributed by atoms with Crippen LogP contribution in [0, 0.1) is 26.6 Å². The summed E-state index contributed by atoms with van der Waals surface area (Å²) in [5, 5.41) is 2.74. The number of aromatic nitrogens is 2. The van der Waals surface area contributed by atoms with Gasteiger partial charge < -0.3 is 9.30 Å². The summed E-state index contributed by atoms with van der Waals surface area (Å²) in [6.07, 6.45) is 2.82. The molecule has 0 amide bonds. The molecule has 0 radical (unpaired) electrons. The number of esters is 1. The number of benzene rings is 1. The van der Waals surface area contributed by atoms with Gasteiger partial charge in [0.15, 0.2) is 6.61 Å². The molecular formula is C22H21FN2O3S. The Bertz CT molecular complexity index is 1060. The second kappa shape index (κ2) is 8.96. The van der Waals surface area contributed by atoms with Crippen LogP contribution in [0.3, 0.4) is 0 Å². The minimum Gasteiger partial charge on any atom is -0.454 e. The highest BCUT2D eigenvalue weighted by Crippen LogP contribution is 2.18. The number of Topliss-reactive ketones (excluding diaryl/α,β-unsaturated/α-hetero) is 1. The van der Waals surface area contributed by atoms with Gasteiger partial charge in [-0.3, -0.25) is 4.79 Å². The van der Waals surface area contributed by atoms with Crippen LogP contribution in [0.2, 0.25) is 0 Å². The summed E-state index contributed by atoms with van der Waals surface area (Å²) < 4.78 is 20.1. The SMILES string of the molecule is Cc1nc(/C=C/C(=O)OCC(=O)c2cc(C)n(Cc3ccc(F)cc3)c2C)cs1. The van der Waals surface area contributed by atoms with Crippen LogP contribution in [0.15, 0.2) is 41.8 Å². The lowest BCUT2D eigenvalue weighted by Crippen LogP contribution is -2.13. The molecule has 0 fully saturated rings. The van der Waals surface area contributed by atoms with Crippen molar-refractivity contribution in [2.75, 3.05) is 6.61 Å². The Labute approximate surface area is 172 Å². The first kappa shape index (κ1) is 20.7. The Morgan fingerprint density at radius 1 is 1.21 bits per heavy atom. The van der Waals surface area contributed by atoms with Gasteiger partial charge >= 0.3 is 5.97 Å². The van der Waals surface area contributed by atoms with Gasteiger partial charge in [-0.1, -0.05) is 12.1 Å². The van der Waals surface area contributed by atoms with Crippen LogP contribution in [0.1, 0.15) is 38.0 Å². The number of aryl methyl sites for hydroxylation is 2. The molecule has 150 valence electrons. The van der Waals surface area contributed by atoms with E-state index in [0.717, 1.165) is 22.0 Å². The lowest BCUT2D eigenvalue weighted by molar-refractivity contribution is -0.136. The lowest BCUT2D eigenvalue weighted by atomic mass is 10.1. The standard InChI is InChI=1S/C22H21FN2O3S/c1-14-10-20(15(2)25(14)11-17-4-6-18(23)7-5-17)21(26)12-28-22(27)9-8-19-13-29-16(3)24-19/h4-10,13H,11-12H2,1-3H3/b9-8+. The maximum atomic E-state index is 13.1. The number of hydrogen-bond acceptors (Lipinski definition) is 5. The van der Waals surface area contributed by atoms with Gasteiger partial charge in [0.1, 0.15) is 5.82 Å². The Morgan fingerprint density at radius 3 is 2.59 bits per heavy atom. The van der Waals surface area contributed by atoms with Gasteiger partial charge in [-0.2, -0.15) is 0 Å². The smallest absolute Gasteiger partial charge is 0.331 e. The van der Waals surface area contributed by atoms with Gasteiger partial charge in [0.05, 0.1) is 10.7 Å². The topological polar surface area (TPSA) is 61.2 Å². The molecule has 7 heteroatoms. The van der Waals surface area contributed by atoms with Gasteiger partial charge in [-0.05, 0) is 50.6 Å². The molecule has 0 atom stereocenters. The number of ether oxygens (including phenoxy) is 1. The zero-order chi connectivity index (χ0) is 21.0. The van der Waals surface area contributed by atoms with Crippen LogP contribution in [0.4, 0.5) is 4.39 Å². The van der Waals surface area contributed by atoms with E-state index in [9.17, 15) is 14.0 Å². The maximum absolute atomic E-state index is 13.1. The second-order valence-electron chi connectivity index (χ2n) is 6.65. The number of nitrogens with zero attached hydrogens (tertiary/aromatic N) is 2. The van der Waals surface area contributed by atoms with Crippen LogP contribution in [0.5, 0.6) is 0 Å². The Kier molecular flexibility index (Phi) is 6.39. The van der Waals surface area contributed by atoms with Crippen molar-refractivity contribution in [1.29, 1.82) is 0 Å². The molecule has 0 bridgehead atoms. The first-order valence-electron chi connectivity index (χ1n) is 9.05. The first-order valence-corrected chi connectivity index (χ1v) is 9.93. The van der Waals surface area contributed by atoms with Crippen LogP contribution in [0.25, 0.3) is 6.08 Å². The molecule has 3 aromatic rings. The van der Waals surface area contributed by atoms with Crippen LogP contribution in [-0.4, -0.2) is 27.9 Å². The van der Waals surface area contributed by atoms with Crippen LogP contribution < -0.4 is 0 Å². The average molecular weight is 412 g/mol. The third kappa shape index (κ3) is 5.26. The molecular weight excluding hydrogens is 391 g/mol. The highest BCUT2D eigenvalue weighted by Gasteiger charge is 2.17. The lowest BCUT2D eigenvalue weighted by Gasteiger charge is -2.10. The predicted molar refractivity (Wildman–Crippen MR) is 111 cm³/mol. The molecule has 0 spiro atoms. The van der Waals surface area contributed by atoms with E-state index in [-0.39, 0.29) is 18.2 Å². The fourth-order valence-corrected chi connectivity index (χ4v) is 3.55. The molecule has 2 heterocycles. The van der Waals surface area contributed by atoms with E-state index < -0.39 is 5.97 Å². The Morgan fingerprint density at radius 2 is 1.93 bits per heavy atom. The molecule has 0 aliphatic carbocycles. The largest absolute Gasteiger partial charge is 0.454 e. The molecule has 29 heavy (non-hydrogen) atoms. The number of halogens is 1. The summed E-state index contributed by atoms with van der Waals surface area (Å²) in [7, 11) is 0. The van der Waals surface area contributed by atoms with E-state index in [2.05, 4.69) is 4.98 Å². The van der Waals surface area contributed by atoms with Crippen molar-refractivity contribution in [3.63, 3.8) is 0 Å². The van der Waals surface area contributed by atoms with Crippen molar-refractivity contribution in [2.24, 2.45) is 0 Å². The average Bonchev–Trinajstić information content (AvgIpc) is 3.24. The number of carbonyl (C=O) groups excluding carboxylic acids is 2. The van der Waals surface area contributed by atoms with Crippen molar-refractivity contribution in [3.8, 4) is 0 Å². The van der Waals surface area contributed by atoms with Gasteiger partial charge in [0, 0.05) is 35.0 Å². The molecule has 0 aliphatic rings. The Hall–Kier alpha value is -3.06. The second-order valence-corrected chi connectivity index (χ2v) is 7.72. The highest BCUT2D eigenvalue weighted by molar-refractivity contribution is 7.09. The van der Waals surface area contributed by atoms with E-state index in [1.165, 1.54) is 29.5 Å². The van der Waals surface area contributed by atoms with Crippen molar-refractivity contribution >= 4 is 29.2 Å². The van der Waals surface area contributed by atoms with E-state index >= 15 is 0 Å². The molecule has 0 saturated carbocycles. The summed E-state index contributed by atoms with van der Waals surface area (Å²) >= 11 is 1.49. The predicted octanol–water partition coefficient (Wildman–Crippen LogP) is 4.50. The molecule has 3 rings (SSSR count). The maximum Gasteiger partial charge on any atom is 0.331 e. The molecule has 0 unspecified atom stereocenters. The highest BCUT2D eigenvalue weighted by atomic mass is 32.1. The normalized spacial score (nSPS) is 11.2. The van der Waals surface area contributed by atoms with Crippen LogP contribution >= 0.6 is 11.3 Å². The van der Waals surface area contributed by atoms with E-state index in [1.54, 1.807) is 24.3 Å². The van der Waals surface area contributed by atoms with Gasteiger partial charge in [0.2, 0.25) is 5.78 Å². The van der Waals surface area contributed by atoms with Crippen molar-refractivity contribution in [1.82, 2.24) is 9.55 Å². The number of rotatable bonds is 7. The molecule has 5 nitrogen and oxygen atoms in total. The minimum atomic E-state index is -0.593. The molecule has 0 saturated heterocycles. The zero-order valence-corrected chi connectivity index (χ0v) is 17.3. The number of ketones is 1. The third-order valence-corrected chi connectivity index (χ3v) is 5.29. The van der Waals surface area contributed by atoms with Gasteiger partial charge in [-0.25, -0.2) is 14.2 Å². The Balaban J connectivity index is 1.62. The molecule has 0 N–H and O–H groups in total. The minimum absolute atomic E-state index is 0.269. The molecule has 2 aromatic heterocycles. The number of thiazole rings is 1. The fraction of sp³-hybridized carbons (Fsp3) is 0.227. The zero-order valence-electron chi connectivity index (χ0n) is 16.4. The monoisotopic (exact) mass is 412 g/mol. The third-order valence-electron chi connectivity index (χ3n) is 4.50. The van der Waals surface area contributed by atoms with Crippen molar-refractivity contribution in [2.45, 2.75) is 27.3 Å². The summed E-state index contributed by atoms with van der Waals surface area (Å²) in [4.78, 5) is 28.6. The van der Waals surface area contributed by atoms with Crippen molar-refractivity contribution in [3.05, 3.63) is 80.8 Å². The summed E-state index contributed by atoms with van der Waals surface area (Å²) in [6, 6.07) is 8.04. The fourth-order valence-electron chi connectivity index (χ4n) is 2.97. The van der Waals surface area contributed by atoms with Crippen molar-refractivity contribution < 1.29 is 18.7 Å². The first-order chi connectivity index (χ1) is 13.8. The number of carbonyl (C=O) groups is 2. The molecule has 1 aromatic carbocycles. The quantitative estimate of drug-likeness (QED) is 0.326. The van der Waals surface area contributed by atoms with E-state index in [0.29, 0.717) is 17.8 Å². The summed E-state index contributed by atoms with van der Waals surface area (Å²) in [5.41, 5.74) is 3.80. The van der Waals surface area contributed by atoms with Gasteiger partial charge in [-0.15, -0.1) is 11.3 Å². The van der Waals surface area contributed by atoms with E-state index in [4.69, 9.17) is 4.74 Å². The summed E-state index contributed by atoms with van der Waals surface area (Å²) in [5.74, 6) is -1.15. The van der Waals surface area contributed by atoms with Crippen LogP contribution in [-0.2, 0) is 16.1 Å². The number of hydrogen-bond donors (Lipinski definition) is 0. The molecule has 0 aliphatic heterocycles. The summed E-state index contributed by atoms with van der Waals surface area (Å²) in [6.45, 7) is 5.82.